The Morgan fingerprint density at radius 2 is 2.12 bits per heavy atom. The van der Waals surface area contributed by atoms with Crippen molar-refractivity contribution in [3.05, 3.63) is 52.0 Å². The third kappa shape index (κ3) is 2.38. The van der Waals surface area contributed by atoms with Gasteiger partial charge < -0.3 is 10.3 Å². The van der Waals surface area contributed by atoms with Crippen LogP contribution in [0.5, 0.6) is 0 Å². The van der Waals surface area contributed by atoms with Gasteiger partial charge in [0, 0.05) is 22.4 Å². The van der Waals surface area contributed by atoms with E-state index in [4.69, 9.17) is 28.9 Å². The molecule has 1 heterocycles. The zero-order valence-corrected chi connectivity index (χ0v) is 10.0. The maximum absolute atomic E-state index is 6.09. The molecule has 0 saturated heterocycles. The molecule has 0 amide bonds. The fraction of sp³-hybridized carbons (Fsp3) is 0.182. The van der Waals surface area contributed by atoms with Crippen molar-refractivity contribution in [2.45, 2.75) is 13.1 Å². The van der Waals surface area contributed by atoms with Crippen LogP contribution in [0.2, 0.25) is 10.0 Å². The number of imidazole rings is 1. The zero-order chi connectivity index (χ0) is 11.5. The van der Waals surface area contributed by atoms with Gasteiger partial charge in [-0.15, -0.1) is 0 Å². The molecule has 0 aliphatic heterocycles. The molecule has 0 aliphatic carbocycles. The summed E-state index contributed by atoms with van der Waals surface area (Å²) in [5, 5.41) is 1.29. The van der Waals surface area contributed by atoms with E-state index in [0.29, 0.717) is 23.1 Å². The van der Waals surface area contributed by atoms with Crippen molar-refractivity contribution in [3.63, 3.8) is 0 Å². The molecule has 2 aromatic rings. The second-order valence-corrected chi connectivity index (χ2v) is 4.25. The third-order valence-corrected chi connectivity index (χ3v) is 2.93. The predicted molar refractivity (Wildman–Crippen MR) is 65.7 cm³/mol. The summed E-state index contributed by atoms with van der Waals surface area (Å²) < 4.78 is 1.97. The Morgan fingerprint density at radius 1 is 1.31 bits per heavy atom. The van der Waals surface area contributed by atoms with Crippen LogP contribution in [0, 0.1) is 0 Å². The summed E-state index contributed by atoms with van der Waals surface area (Å²) in [5.74, 6) is 0.839. The van der Waals surface area contributed by atoms with Gasteiger partial charge in [-0.3, -0.25) is 0 Å². The molecule has 0 saturated carbocycles. The molecule has 84 valence electrons. The maximum atomic E-state index is 6.09. The number of nitrogens with zero attached hydrogens (tertiary/aromatic N) is 2. The van der Waals surface area contributed by atoms with Crippen LogP contribution < -0.4 is 5.73 Å². The Balaban J connectivity index is 2.27. The molecular formula is C11H11Cl2N3. The van der Waals surface area contributed by atoms with Gasteiger partial charge in [0.2, 0.25) is 0 Å². The van der Waals surface area contributed by atoms with Gasteiger partial charge in [-0.05, 0) is 17.7 Å². The molecule has 0 spiro atoms. The first kappa shape index (κ1) is 11.5. The van der Waals surface area contributed by atoms with Crippen molar-refractivity contribution < 1.29 is 0 Å². The van der Waals surface area contributed by atoms with Crippen molar-refractivity contribution in [3.8, 4) is 0 Å². The summed E-state index contributed by atoms with van der Waals surface area (Å²) in [7, 11) is 0. The number of benzene rings is 1. The topological polar surface area (TPSA) is 43.8 Å². The third-order valence-electron chi connectivity index (χ3n) is 2.34. The molecular weight excluding hydrogens is 245 g/mol. The number of hydrogen-bond acceptors (Lipinski definition) is 2. The van der Waals surface area contributed by atoms with Crippen LogP contribution >= 0.6 is 23.2 Å². The average molecular weight is 256 g/mol. The molecule has 2 rings (SSSR count). The summed E-state index contributed by atoms with van der Waals surface area (Å²) in [4.78, 5) is 4.15. The smallest absolute Gasteiger partial charge is 0.122 e. The van der Waals surface area contributed by atoms with E-state index in [1.165, 1.54) is 0 Å². The van der Waals surface area contributed by atoms with Gasteiger partial charge in [-0.2, -0.15) is 0 Å². The summed E-state index contributed by atoms with van der Waals surface area (Å²) >= 11 is 11.9. The Kier molecular flexibility index (Phi) is 3.49. The van der Waals surface area contributed by atoms with Gasteiger partial charge in [-0.25, -0.2) is 4.98 Å². The predicted octanol–water partition coefficient (Wildman–Crippen LogP) is 2.70. The molecule has 0 atom stereocenters. The quantitative estimate of drug-likeness (QED) is 0.917. The van der Waals surface area contributed by atoms with Gasteiger partial charge >= 0.3 is 0 Å². The summed E-state index contributed by atoms with van der Waals surface area (Å²) in [6.45, 7) is 1.07. The van der Waals surface area contributed by atoms with Gasteiger partial charge in [0.25, 0.3) is 0 Å². The molecule has 0 aliphatic rings. The minimum Gasteiger partial charge on any atom is -0.329 e. The fourth-order valence-electron chi connectivity index (χ4n) is 1.51. The summed E-state index contributed by atoms with van der Waals surface area (Å²) in [5.41, 5.74) is 6.57. The minimum absolute atomic E-state index is 0.415. The molecule has 0 radical (unpaired) electrons. The number of rotatable bonds is 3. The van der Waals surface area contributed by atoms with Crippen molar-refractivity contribution in [1.82, 2.24) is 9.55 Å². The van der Waals surface area contributed by atoms with Crippen LogP contribution in [0.1, 0.15) is 11.4 Å². The standard InChI is InChI=1S/C11H11Cl2N3/c12-9-2-1-8(10(13)5-9)7-16-4-3-15-11(16)6-14/h1-5H,6-7,14H2. The van der Waals surface area contributed by atoms with Gasteiger partial charge in [-0.1, -0.05) is 29.3 Å². The lowest BCUT2D eigenvalue weighted by atomic mass is 10.2. The van der Waals surface area contributed by atoms with Crippen LogP contribution in [0.3, 0.4) is 0 Å². The van der Waals surface area contributed by atoms with Crippen molar-refractivity contribution >= 4 is 23.2 Å². The van der Waals surface area contributed by atoms with E-state index in [9.17, 15) is 0 Å². The van der Waals surface area contributed by atoms with Gasteiger partial charge in [0.15, 0.2) is 0 Å². The fourth-order valence-corrected chi connectivity index (χ4v) is 1.98. The molecule has 16 heavy (non-hydrogen) atoms. The highest BCUT2D eigenvalue weighted by atomic mass is 35.5. The largest absolute Gasteiger partial charge is 0.329 e. The van der Waals surface area contributed by atoms with Crippen LogP contribution in [-0.4, -0.2) is 9.55 Å². The van der Waals surface area contributed by atoms with E-state index in [2.05, 4.69) is 4.98 Å². The van der Waals surface area contributed by atoms with Gasteiger partial charge in [0.1, 0.15) is 5.82 Å². The molecule has 0 unspecified atom stereocenters. The van der Waals surface area contributed by atoms with E-state index in [1.807, 2.05) is 22.9 Å². The Bertz CT molecular complexity index is 494. The van der Waals surface area contributed by atoms with Crippen LogP contribution in [0.15, 0.2) is 30.6 Å². The number of halogens is 2. The number of nitrogens with two attached hydrogens (primary N) is 1. The van der Waals surface area contributed by atoms with Crippen LogP contribution in [0.4, 0.5) is 0 Å². The molecule has 0 bridgehead atoms. The minimum atomic E-state index is 0.415. The first-order valence-electron chi connectivity index (χ1n) is 4.84. The lowest BCUT2D eigenvalue weighted by molar-refractivity contribution is 0.724. The maximum Gasteiger partial charge on any atom is 0.122 e. The lowest BCUT2D eigenvalue weighted by Crippen LogP contribution is -2.09. The first-order valence-corrected chi connectivity index (χ1v) is 5.60. The Labute approximate surface area is 104 Å². The van der Waals surface area contributed by atoms with Crippen LogP contribution in [0.25, 0.3) is 0 Å². The molecule has 2 N–H and O–H groups in total. The average Bonchev–Trinajstić information content (AvgIpc) is 2.69. The highest BCUT2D eigenvalue weighted by Crippen LogP contribution is 2.22. The zero-order valence-electron chi connectivity index (χ0n) is 8.53. The second-order valence-electron chi connectivity index (χ2n) is 3.41. The van der Waals surface area contributed by atoms with E-state index >= 15 is 0 Å². The molecule has 3 nitrogen and oxygen atoms in total. The van der Waals surface area contributed by atoms with Crippen molar-refractivity contribution in [2.24, 2.45) is 5.73 Å². The van der Waals surface area contributed by atoms with E-state index in [0.717, 1.165) is 11.4 Å². The Hall–Kier alpha value is -1.03. The van der Waals surface area contributed by atoms with Gasteiger partial charge in [0.05, 0.1) is 13.1 Å². The molecule has 5 heteroatoms. The molecule has 1 aromatic heterocycles. The second kappa shape index (κ2) is 4.87. The normalized spacial score (nSPS) is 10.7. The van der Waals surface area contributed by atoms with E-state index in [-0.39, 0.29) is 0 Å². The summed E-state index contributed by atoms with van der Waals surface area (Å²) in [6.07, 6.45) is 3.61. The monoisotopic (exact) mass is 255 g/mol. The van der Waals surface area contributed by atoms with Crippen molar-refractivity contribution in [2.75, 3.05) is 0 Å². The van der Waals surface area contributed by atoms with E-state index in [1.54, 1.807) is 12.3 Å². The lowest BCUT2D eigenvalue weighted by Gasteiger charge is -2.08. The highest BCUT2D eigenvalue weighted by Gasteiger charge is 2.05. The number of aromatic nitrogens is 2. The van der Waals surface area contributed by atoms with Crippen LogP contribution in [-0.2, 0) is 13.1 Å². The van der Waals surface area contributed by atoms with E-state index < -0.39 is 0 Å². The molecule has 0 fully saturated rings. The number of hydrogen-bond donors (Lipinski definition) is 1. The first-order chi connectivity index (χ1) is 7.70. The highest BCUT2D eigenvalue weighted by molar-refractivity contribution is 6.35. The van der Waals surface area contributed by atoms with Crippen molar-refractivity contribution in [1.29, 1.82) is 0 Å². The molecule has 1 aromatic carbocycles. The SMILES string of the molecule is NCc1nccn1Cc1ccc(Cl)cc1Cl. The Morgan fingerprint density at radius 3 is 2.81 bits per heavy atom. The summed E-state index contributed by atoms with van der Waals surface area (Å²) in [6, 6.07) is 5.46.